The Morgan fingerprint density at radius 2 is 2.32 bits per heavy atom. The van der Waals surface area contributed by atoms with E-state index in [-0.39, 0.29) is 12.0 Å². The van der Waals surface area contributed by atoms with Crippen LogP contribution >= 0.6 is 0 Å². The van der Waals surface area contributed by atoms with Gasteiger partial charge >= 0.3 is 6.09 Å². The number of hydrogen-bond acceptors (Lipinski definition) is 6. The highest BCUT2D eigenvalue weighted by Gasteiger charge is 2.34. The van der Waals surface area contributed by atoms with E-state index in [2.05, 4.69) is 15.5 Å². The Kier molecular flexibility index (Phi) is 4.12. The smallest absolute Gasteiger partial charge is 0.414 e. The first-order chi connectivity index (χ1) is 12.1. The summed E-state index contributed by atoms with van der Waals surface area (Å²) in [5, 5.41) is 6.06. The Morgan fingerprint density at radius 3 is 3.16 bits per heavy atom. The van der Waals surface area contributed by atoms with Crippen LogP contribution in [0.25, 0.3) is 0 Å². The van der Waals surface area contributed by atoms with Crippen molar-refractivity contribution in [3.8, 4) is 5.75 Å². The molecule has 2 amide bonds. The minimum absolute atomic E-state index is 0.137. The summed E-state index contributed by atoms with van der Waals surface area (Å²) in [6.45, 7) is 5.64. The van der Waals surface area contributed by atoms with Gasteiger partial charge in [-0.1, -0.05) is 0 Å². The molecule has 1 aromatic rings. The van der Waals surface area contributed by atoms with Crippen LogP contribution in [0.1, 0.15) is 6.92 Å². The molecule has 0 aliphatic carbocycles. The number of nitrogens with one attached hydrogen (secondary N) is 2. The summed E-state index contributed by atoms with van der Waals surface area (Å²) in [4.78, 5) is 27.1. The molecule has 0 aromatic heterocycles. The minimum atomic E-state index is -0.397. The van der Waals surface area contributed by atoms with E-state index in [0.717, 1.165) is 36.8 Å². The van der Waals surface area contributed by atoms with Crippen LogP contribution in [0, 0.1) is 0 Å². The van der Waals surface area contributed by atoms with Gasteiger partial charge in [0.05, 0.1) is 30.5 Å². The number of anilines is 2. The molecule has 0 saturated carbocycles. The van der Waals surface area contributed by atoms with Gasteiger partial charge in [0.2, 0.25) is 5.91 Å². The fraction of sp³-hybridized carbons (Fsp3) is 0.529. The lowest BCUT2D eigenvalue weighted by atomic mass is 10.1. The number of hydrogen-bond donors (Lipinski definition) is 2. The summed E-state index contributed by atoms with van der Waals surface area (Å²) in [5.74, 6) is 0.663. The lowest BCUT2D eigenvalue weighted by Gasteiger charge is -2.42. The van der Waals surface area contributed by atoms with Crippen molar-refractivity contribution in [3.05, 3.63) is 18.2 Å². The zero-order valence-electron chi connectivity index (χ0n) is 14.2. The second-order valence-corrected chi connectivity index (χ2v) is 6.57. The zero-order valence-corrected chi connectivity index (χ0v) is 14.2. The fourth-order valence-corrected chi connectivity index (χ4v) is 3.53. The average Bonchev–Trinajstić information content (AvgIpc) is 3.00. The van der Waals surface area contributed by atoms with Crippen molar-refractivity contribution in [2.75, 3.05) is 49.1 Å². The third-order valence-corrected chi connectivity index (χ3v) is 4.80. The first kappa shape index (κ1) is 16.0. The SMILES string of the molecule is CC(=O)NC[C@H]1CN(c2ccc3c(c2)OCC2CNCCN32)C(=O)O1. The molecule has 1 aromatic carbocycles. The number of benzene rings is 1. The summed E-state index contributed by atoms with van der Waals surface area (Å²) >= 11 is 0. The highest BCUT2D eigenvalue weighted by Crippen LogP contribution is 2.38. The van der Waals surface area contributed by atoms with Gasteiger partial charge in [-0.2, -0.15) is 0 Å². The van der Waals surface area contributed by atoms with Crippen molar-refractivity contribution < 1.29 is 19.1 Å². The second kappa shape index (κ2) is 6.44. The van der Waals surface area contributed by atoms with Gasteiger partial charge in [-0.25, -0.2) is 4.79 Å². The zero-order chi connectivity index (χ0) is 17.4. The largest absolute Gasteiger partial charge is 0.489 e. The van der Waals surface area contributed by atoms with E-state index in [4.69, 9.17) is 9.47 Å². The molecule has 2 N–H and O–H groups in total. The molecule has 8 nitrogen and oxygen atoms in total. The van der Waals surface area contributed by atoms with E-state index in [1.54, 1.807) is 4.90 Å². The molecule has 25 heavy (non-hydrogen) atoms. The van der Waals surface area contributed by atoms with Gasteiger partial charge < -0.3 is 25.0 Å². The van der Waals surface area contributed by atoms with Gasteiger partial charge in [-0.3, -0.25) is 9.69 Å². The van der Waals surface area contributed by atoms with E-state index < -0.39 is 6.09 Å². The van der Waals surface area contributed by atoms with Crippen molar-refractivity contribution in [1.29, 1.82) is 0 Å². The highest BCUT2D eigenvalue weighted by molar-refractivity contribution is 5.90. The van der Waals surface area contributed by atoms with E-state index in [9.17, 15) is 9.59 Å². The molecule has 0 radical (unpaired) electrons. The fourth-order valence-electron chi connectivity index (χ4n) is 3.53. The van der Waals surface area contributed by atoms with Gasteiger partial charge in [-0.15, -0.1) is 0 Å². The Morgan fingerprint density at radius 1 is 1.44 bits per heavy atom. The number of ether oxygens (including phenoxy) is 2. The molecule has 3 heterocycles. The van der Waals surface area contributed by atoms with Crippen LogP contribution in [-0.4, -0.2) is 63.5 Å². The molecule has 0 bridgehead atoms. The maximum Gasteiger partial charge on any atom is 0.414 e. The first-order valence-electron chi connectivity index (χ1n) is 8.58. The van der Waals surface area contributed by atoms with Crippen molar-refractivity contribution in [1.82, 2.24) is 10.6 Å². The minimum Gasteiger partial charge on any atom is -0.489 e. The molecule has 8 heteroatoms. The molecule has 2 fully saturated rings. The average molecular weight is 346 g/mol. The molecular formula is C17H22N4O4. The summed E-state index contributed by atoms with van der Waals surface area (Å²) in [6, 6.07) is 6.19. The maximum absolute atomic E-state index is 12.2. The molecular weight excluding hydrogens is 324 g/mol. The summed E-state index contributed by atoms with van der Waals surface area (Å²) < 4.78 is 11.2. The quantitative estimate of drug-likeness (QED) is 0.820. The normalized spacial score (nSPS) is 24.9. The van der Waals surface area contributed by atoms with Crippen LogP contribution in [0.2, 0.25) is 0 Å². The van der Waals surface area contributed by atoms with Crippen molar-refractivity contribution >= 4 is 23.4 Å². The molecule has 2 saturated heterocycles. The van der Waals surface area contributed by atoms with Crippen molar-refractivity contribution in [2.24, 2.45) is 0 Å². The second-order valence-electron chi connectivity index (χ2n) is 6.57. The first-order valence-corrected chi connectivity index (χ1v) is 8.58. The predicted molar refractivity (Wildman–Crippen MR) is 92.2 cm³/mol. The van der Waals surface area contributed by atoms with Crippen LogP contribution in [0.3, 0.4) is 0 Å². The molecule has 1 unspecified atom stereocenters. The van der Waals surface area contributed by atoms with E-state index in [1.807, 2.05) is 18.2 Å². The van der Waals surface area contributed by atoms with E-state index in [1.165, 1.54) is 6.92 Å². The Balaban J connectivity index is 1.50. The Bertz CT molecular complexity index is 695. The van der Waals surface area contributed by atoms with Gasteiger partial charge in [0.15, 0.2) is 0 Å². The summed E-state index contributed by atoms with van der Waals surface area (Å²) in [7, 11) is 0. The monoisotopic (exact) mass is 346 g/mol. The molecule has 134 valence electrons. The third kappa shape index (κ3) is 3.09. The number of piperazine rings is 1. The van der Waals surface area contributed by atoms with Gasteiger partial charge in [-0.05, 0) is 12.1 Å². The lowest BCUT2D eigenvalue weighted by molar-refractivity contribution is -0.119. The van der Waals surface area contributed by atoms with E-state index >= 15 is 0 Å². The predicted octanol–water partition coefficient (Wildman–Crippen LogP) is 0.319. The maximum atomic E-state index is 12.2. The molecule has 2 atom stereocenters. The van der Waals surface area contributed by atoms with Crippen LogP contribution in [0.4, 0.5) is 16.2 Å². The van der Waals surface area contributed by atoms with Gasteiger partial charge in [0.25, 0.3) is 0 Å². The number of carbonyl (C=O) groups is 2. The topological polar surface area (TPSA) is 83.1 Å². The van der Waals surface area contributed by atoms with Crippen LogP contribution in [-0.2, 0) is 9.53 Å². The number of rotatable bonds is 3. The molecule has 0 spiro atoms. The lowest BCUT2D eigenvalue weighted by Crippen LogP contribution is -2.55. The van der Waals surface area contributed by atoms with Crippen LogP contribution in [0.5, 0.6) is 5.75 Å². The Labute approximate surface area is 146 Å². The van der Waals surface area contributed by atoms with Crippen molar-refractivity contribution in [3.63, 3.8) is 0 Å². The van der Waals surface area contributed by atoms with Gasteiger partial charge in [0.1, 0.15) is 18.5 Å². The highest BCUT2D eigenvalue weighted by atomic mass is 16.6. The summed E-state index contributed by atoms with van der Waals surface area (Å²) in [6.07, 6.45) is -0.739. The van der Waals surface area contributed by atoms with Crippen LogP contribution < -0.4 is 25.2 Å². The number of carbonyl (C=O) groups excluding carboxylic acids is 2. The third-order valence-electron chi connectivity index (χ3n) is 4.80. The number of fused-ring (bicyclic) bond motifs is 3. The number of amides is 2. The summed E-state index contributed by atoms with van der Waals surface area (Å²) in [5.41, 5.74) is 1.83. The standard InChI is InChI=1S/C17H22N4O4/c1-11(22)19-8-14-9-21(17(23)25-14)12-2-3-15-16(6-12)24-10-13-7-18-4-5-20(13)15/h2-3,6,13-14,18H,4-5,7-10H2,1H3,(H,19,22)/t13?,14-/m0/s1. The Hall–Kier alpha value is -2.48. The number of nitrogens with zero attached hydrogens (tertiary/aromatic N) is 2. The molecule has 3 aliphatic heterocycles. The van der Waals surface area contributed by atoms with Crippen LogP contribution in [0.15, 0.2) is 18.2 Å². The number of cyclic esters (lactones) is 1. The molecule has 3 aliphatic rings. The molecule has 4 rings (SSSR count). The van der Waals surface area contributed by atoms with E-state index in [0.29, 0.717) is 25.7 Å². The van der Waals surface area contributed by atoms with Crippen molar-refractivity contribution in [2.45, 2.75) is 19.1 Å². The van der Waals surface area contributed by atoms with Gasteiger partial charge in [0, 0.05) is 32.6 Å².